The lowest BCUT2D eigenvalue weighted by atomic mass is 9.93. The molecule has 0 saturated carbocycles. The van der Waals surface area contributed by atoms with E-state index >= 15 is 0 Å². The van der Waals surface area contributed by atoms with Crippen LogP contribution in [0.15, 0.2) is 11.4 Å². The Balaban J connectivity index is 2.13. The average molecular weight is 266 g/mol. The summed E-state index contributed by atoms with van der Waals surface area (Å²) < 4.78 is 0. The summed E-state index contributed by atoms with van der Waals surface area (Å²) in [5, 5.41) is 5.89. The summed E-state index contributed by atoms with van der Waals surface area (Å²) in [6.45, 7) is 14.8. The van der Waals surface area contributed by atoms with E-state index in [0.29, 0.717) is 12.0 Å². The molecule has 18 heavy (non-hydrogen) atoms. The minimum absolute atomic E-state index is 0.233. The molecule has 1 N–H and O–H groups in total. The summed E-state index contributed by atoms with van der Waals surface area (Å²) in [5.41, 5.74) is 1.68. The second-order valence-corrected chi connectivity index (χ2v) is 7.51. The van der Waals surface area contributed by atoms with Crippen LogP contribution in [-0.4, -0.2) is 29.6 Å². The molecule has 0 spiro atoms. The molecule has 2 rings (SSSR count). The van der Waals surface area contributed by atoms with E-state index in [4.69, 9.17) is 0 Å². The molecule has 1 aromatic rings. The highest BCUT2D eigenvalue weighted by Crippen LogP contribution is 2.25. The SMILES string of the molecule is Cc1ccsc1CN1CC(C)(C)NCC1C(C)C. The lowest BCUT2D eigenvalue weighted by Crippen LogP contribution is -2.62. The zero-order chi connectivity index (χ0) is 13.3. The molecule has 2 nitrogen and oxygen atoms in total. The Bertz CT molecular complexity index is 395. The van der Waals surface area contributed by atoms with E-state index in [0.717, 1.165) is 19.6 Å². The standard InChI is InChI=1S/C15H26N2S/c1-11(2)13-8-16-15(4,5)10-17(13)9-14-12(3)6-7-18-14/h6-7,11,13,16H,8-10H2,1-5H3. The van der Waals surface area contributed by atoms with E-state index in [2.05, 4.69) is 56.3 Å². The first kappa shape index (κ1) is 14.0. The minimum atomic E-state index is 0.233. The van der Waals surface area contributed by atoms with Gasteiger partial charge in [0.2, 0.25) is 0 Å². The first-order valence-electron chi connectivity index (χ1n) is 6.91. The van der Waals surface area contributed by atoms with Crippen LogP contribution in [0.1, 0.15) is 38.1 Å². The number of nitrogens with zero attached hydrogens (tertiary/aromatic N) is 1. The number of piperazine rings is 1. The topological polar surface area (TPSA) is 15.3 Å². The third-order valence-corrected chi connectivity index (χ3v) is 4.95. The van der Waals surface area contributed by atoms with Gasteiger partial charge in [-0.1, -0.05) is 13.8 Å². The summed E-state index contributed by atoms with van der Waals surface area (Å²) in [6, 6.07) is 2.89. The number of thiophene rings is 1. The number of nitrogens with one attached hydrogen (secondary N) is 1. The zero-order valence-electron chi connectivity index (χ0n) is 12.3. The summed E-state index contributed by atoms with van der Waals surface area (Å²) in [4.78, 5) is 4.19. The van der Waals surface area contributed by atoms with E-state index in [-0.39, 0.29) is 5.54 Å². The van der Waals surface area contributed by atoms with Gasteiger partial charge in [0.15, 0.2) is 0 Å². The number of rotatable bonds is 3. The van der Waals surface area contributed by atoms with E-state index < -0.39 is 0 Å². The van der Waals surface area contributed by atoms with Gasteiger partial charge in [0, 0.05) is 36.1 Å². The largest absolute Gasteiger partial charge is 0.309 e. The van der Waals surface area contributed by atoms with Gasteiger partial charge in [-0.2, -0.15) is 0 Å². The molecule has 0 amide bonds. The van der Waals surface area contributed by atoms with Crippen molar-refractivity contribution in [1.82, 2.24) is 10.2 Å². The predicted molar refractivity (Wildman–Crippen MR) is 80.2 cm³/mol. The van der Waals surface area contributed by atoms with Gasteiger partial charge in [-0.15, -0.1) is 11.3 Å². The summed E-state index contributed by atoms with van der Waals surface area (Å²) >= 11 is 1.90. The molecule has 1 unspecified atom stereocenters. The van der Waals surface area contributed by atoms with E-state index in [1.165, 1.54) is 10.4 Å². The van der Waals surface area contributed by atoms with Crippen LogP contribution in [0.25, 0.3) is 0 Å². The Hall–Kier alpha value is -0.380. The highest BCUT2D eigenvalue weighted by atomic mass is 32.1. The Morgan fingerprint density at radius 3 is 2.78 bits per heavy atom. The van der Waals surface area contributed by atoms with E-state index in [1.54, 1.807) is 0 Å². The Morgan fingerprint density at radius 1 is 1.50 bits per heavy atom. The van der Waals surface area contributed by atoms with Crippen molar-refractivity contribution in [2.75, 3.05) is 13.1 Å². The maximum atomic E-state index is 3.68. The molecular formula is C15H26N2S. The maximum absolute atomic E-state index is 3.68. The molecule has 102 valence electrons. The van der Waals surface area contributed by atoms with Gasteiger partial charge in [-0.3, -0.25) is 4.90 Å². The van der Waals surface area contributed by atoms with Crippen LogP contribution in [0.3, 0.4) is 0 Å². The van der Waals surface area contributed by atoms with Crippen LogP contribution in [-0.2, 0) is 6.54 Å². The highest BCUT2D eigenvalue weighted by Gasteiger charge is 2.34. The van der Waals surface area contributed by atoms with Crippen LogP contribution in [0.2, 0.25) is 0 Å². The molecule has 0 radical (unpaired) electrons. The molecule has 1 atom stereocenters. The molecule has 1 aliphatic rings. The molecule has 0 aliphatic carbocycles. The van der Waals surface area contributed by atoms with Crippen LogP contribution >= 0.6 is 11.3 Å². The van der Waals surface area contributed by atoms with Gasteiger partial charge in [0.25, 0.3) is 0 Å². The fraction of sp³-hybridized carbons (Fsp3) is 0.733. The van der Waals surface area contributed by atoms with Crippen molar-refractivity contribution in [3.63, 3.8) is 0 Å². The van der Waals surface area contributed by atoms with Crippen molar-refractivity contribution < 1.29 is 0 Å². The van der Waals surface area contributed by atoms with Gasteiger partial charge in [0.1, 0.15) is 0 Å². The number of hydrogen-bond donors (Lipinski definition) is 1. The minimum Gasteiger partial charge on any atom is -0.309 e. The quantitative estimate of drug-likeness (QED) is 0.903. The Morgan fingerprint density at radius 2 is 2.22 bits per heavy atom. The summed E-state index contributed by atoms with van der Waals surface area (Å²) in [7, 11) is 0. The molecule has 3 heteroatoms. The first-order chi connectivity index (χ1) is 8.39. The smallest absolute Gasteiger partial charge is 0.0334 e. The van der Waals surface area contributed by atoms with Crippen LogP contribution < -0.4 is 5.32 Å². The van der Waals surface area contributed by atoms with Gasteiger partial charge in [-0.25, -0.2) is 0 Å². The Labute approximate surface area is 115 Å². The average Bonchev–Trinajstić information content (AvgIpc) is 2.62. The summed E-state index contributed by atoms with van der Waals surface area (Å²) in [5.74, 6) is 0.703. The Kier molecular flexibility index (Phi) is 4.15. The maximum Gasteiger partial charge on any atom is 0.0334 e. The second kappa shape index (κ2) is 5.32. The van der Waals surface area contributed by atoms with Crippen molar-refractivity contribution >= 4 is 11.3 Å². The third kappa shape index (κ3) is 3.14. The van der Waals surface area contributed by atoms with E-state index in [9.17, 15) is 0 Å². The number of aryl methyl sites for hydroxylation is 1. The zero-order valence-corrected chi connectivity index (χ0v) is 13.1. The molecule has 1 aliphatic heterocycles. The summed E-state index contributed by atoms with van der Waals surface area (Å²) in [6.07, 6.45) is 0. The van der Waals surface area contributed by atoms with Gasteiger partial charge < -0.3 is 5.32 Å². The van der Waals surface area contributed by atoms with Crippen LogP contribution in [0.5, 0.6) is 0 Å². The van der Waals surface area contributed by atoms with Crippen LogP contribution in [0.4, 0.5) is 0 Å². The van der Waals surface area contributed by atoms with Crippen molar-refractivity contribution in [1.29, 1.82) is 0 Å². The molecule has 0 aromatic carbocycles. The lowest BCUT2D eigenvalue weighted by Gasteiger charge is -2.46. The molecule has 2 heterocycles. The monoisotopic (exact) mass is 266 g/mol. The fourth-order valence-corrected chi connectivity index (χ4v) is 3.70. The van der Waals surface area contributed by atoms with Gasteiger partial charge >= 0.3 is 0 Å². The highest BCUT2D eigenvalue weighted by molar-refractivity contribution is 7.10. The van der Waals surface area contributed by atoms with Gasteiger partial charge in [-0.05, 0) is 43.7 Å². The lowest BCUT2D eigenvalue weighted by molar-refractivity contribution is 0.0635. The first-order valence-corrected chi connectivity index (χ1v) is 7.79. The molecule has 1 fully saturated rings. The van der Waals surface area contributed by atoms with Crippen molar-refractivity contribution in [2.24, 2.45) is 5.92 Å². The van der Waals surface area contributed by atoms with Gasteiger partial charge in [0.05, 0.1) is 0 Å². The van der Waals surface area contributed by atoms with Crippen molar-refractivity contribution in [3.05, 3.63) is 21.9 Å². The molecule has 1 aromatic heterocycles. The fourth-order valence-electron chi connectivity index (χ4n) is 2.77. The number of hydrogen-bond acceptors (Lipinski definition) is 3. The van der Waals surface area contributed by atoms with Crippen molar-refractivity contribution in [3.8, 4) is 0 Å². The van der Waals surface area contributed by atoms with Crippen molar-refractivity contribution in [2.45, 2.75) is 52.7 Å². The van der Waals surface area contributed by atoms with Crippen LogP contribution in [0, 0.1) is 12.8 Å². The predicted octanol–water partition coefficient (Wildman–Crippen LogP) is 3.26. The van der Waals surface area contributed by atoms with E-state index in [1.807, 2.05) is 11.3 Å². The second-order valence-electron chi connectivity index (χ2n) is 6.51. The molecular weight excluding hydrogens is 240 g/mol. The molecule has 1 saturated heterocycles. The third-order valence-electron chi connectivity index (χ3n) is 3.94. The molecule has 0 bridgehead atoms. The normalized spacial score (nSPS) is 24.7.